The molecule has 0 amide bonds. The first-order chi connectivity index (χ1) is 15.6. The Balaban J connectivity index is 0.000000224. The van der Waals surface area contributed by atoms with Crippen molar-refractivity contribution in [1.82, 2.24) is 14.8 Å². The van der Waals surface area contributed by atoms with Gasteiger partial charge < -0.3 is 14.8 Å². The zero-order chi connectivity index (χ0) is 23.3. The van der Waals surface area contributed by atoms with Crippen molar-refractivity contribution < 1.29 is 17.2 Å². The standard InChI is InChI=1S/C16H20N2.C11H8N.BrH.Pd/c1-5-6-17-7-8-18(12-17)11-16-14(3)9-13(2)10-15(16)4;1-2-6-10(7-3-1)11-8-4-5-9-12-11;;/h5,7-10H,1,6,11H2,2-4H3;1-6,8-9H;1H;/q;-1;;+2/p-1. The number of aryl methyl sites for hydroxylation is 3. The molecule has 0 aliphatic carbocycles. The van der Waals surface area contributed by atoms with Crippen LogP contribution in [0.15, 0.2) is 85.8 Å². The summed E-state index contributed by atoms with van der Waals surface area (Å²) in [6, 6.07) is 21.3. The van der Waals surface area contributed by atoms with E-state index in [1.165, 1.54) is 22.3 Å². The van der Waals surface area contributed by atoms with Gasteiger partial charge in [0.05, 0.1) is 0 Å². The van der Waals surface area contributed by atoms with Crippen LogP contribution >= 0.6 is 13.4 Å². The largest absolute Gasteiger partial charge is 0.305 e. The van der Waals surface area contributed by atoms with Gasteiger partial charge in [-0.05, 0) is 49.2 Å². The first-order valence-electron chi connectivity index (χ1n) is 10.2. The van der Waals surface area contributed by atoms with Gasteiger partial charge in [0.15, 0.2) is 0 Å². The van der Waals surface area contributed by atoms with Crippen molar-refractivity contribution in [2.75, 3.05) is 6.54 Å². The molecule has 0 saturated carbocycles. The molecular formula is C27H28BrN3Pd. The summed E-state index contributed by atoms with van der Waals surface area (Å²) in [5, 5.41) is 0. The molecule has 0 unspecified atom stereocenters. The second-order valence-corrected chi connectivity index (χ2v) is 7.34. The predicted octanol–water partition coefficient (Wildman–Crippen LogP) is 6.77. The fraction of sp³-hybridized carbons (Fsp3) is 0.185. The smallest absolute Gasteiger partial charge is 0.0160 e. The molecule has 1 aromatic heterocycles. The second kappa shape index (κ2) is 14.1. The first-order valence-corrected chi connectivity index (χ1v) is 13.8. The van der Waals surface area contributed by atoms with Crippen LogP contribution in [0.25, 0.3) is 11.3 Å². The maximum Gasteiger partial charge on any atom is 0.0160 e. The number of nitrogens with zero attached hydrogens (tertiary/aromatic N) is 3. The van der Waals surface area contributed by atoms with E-state index in [1.54, 1.807) is 6.20 Å². The fourth-order valence-corrected chi connectivity index (χ4v) is 3.43. The van der Waals surface area contributed by atoms with Crippen LogP contribution in [0.5, 0.6) is 0 Å². The van der Waals surface area contributed by atoms with E-state index < -0.39 is 0 Å². The van der Waals surface area contributed by atoms with Crippen LogP contribution in [0.4, 0.5) is 0 Å². The summed E-state index contributed by atoms with van der Waals surface area (Å²) >= 11 is 5.35. The normalized spacial score (nSPS) is 11.9. The van der Waals surface area contributed by atoms with Gasteiger partial charge in [0.2, 0.25) is 6.67 Å². The maximum absolute atomic E-state index is 4.22. The molecule has 4 rings (SSSR count). The number of pyridine rings is 1. The van der Waals surface area contributed by atoms with Crippen LogP contribution in [-0.2, 0) is 23.7 Å². The molecule has 1 aliphatic rings. The van der Waals surface area contributed by atoms with Crippen molar-refractivity contribution in [2.45, 2.75) is 27.3 Å². The number of hydrogen-bond donors (Lipinski definition) is 0. The number of aromatic nitrogens is 1. The fourth-order valence-electron chi connectivity index (χ4n) is 3.43. The van der Waals surface area contributed by atoms with E-state index in [0.29, 0.717) is 0 Å². The molecule has 0 fully saturated rings. The van der Waals surface area contributed by atoms with Crippen molar-refractivity contribution in [1.29, 1.82) is 0 Å². The van der Waals surface area contributed by atoms with Crippen molar-refractivity contribution in [3.8, 4) is 11.3 Å². The van der Waals surface area contributed by atoms with Crippen LogP contribution in [0.1, 0.15) is 22.3 Å². The molecule has 2 radical (unpaired) electrons. The average molecular weight is 581 g/mol. The van der Waals surface area contributed by atoms with Crippen molar-refractivity contribution >= 4 is 13.4 Å². The zero-order valence-electron chi connectivity index (χ0n) is 18.7. The Morgan fingerprint density at radius 3 is 2.31 bits per heavy atom. The zero-order valence-corrected chi connectivity index (χ0v) is 21.8. The Kier molecular flexibility index (Phi) is 11.5. The Morgan fingerprint density at radius 2 is 1.72 bits per heavy atom. The molecule has 0 bridgehead atoms. The Morgan fingerprint density at radius 1 is 1.03 bits per heavy atom. The third-order valence-corrected chi connectivity index (χ3v) is 4.83. The molecule has 1 aliphatic heterocycles. The summed E-state index contributed by atoms with van der Waals surface area (Å²) in [5.41, 5.74) is 7.43. The third-order valence-electron chi connectivity index (χ3n) is 4.83. The topological polar surface area (TPSA) is 19.4 Å². The van der Waals surface area contributed by atoms with Crippen molar-refractivity contribution in [3.63, 3.8) is 0 Å². The Bertz CT molecular complexity index is 930. The minimum atomic E-state index is 0.804. The molecule has 3 nitrogen and oxygen atoms in total. The van der Waals surface area contributed by atoms with Gasteiger partial charge in [0.25, 0.3) is 0 Å². The number of halogens is 1. The molecule has 168 valence electrons. The van der Waals surface area contributed by atoms with E-state index >= 15 is 0 Å². The molecule has 32 heavy (non-hydrogen) atoms. The molecule has 2 aromatic carbocycles. The summed E-state index contributed by atoms with van der Waals surface area (Å²) in [4.78, 5) is 8.31. The quantitative estimate of drug-likeness (QED) is 0.189. The van der Waals surface area contributed by atoms with Gasteiger partial charge in [0.1, 0.15) is 0 Å². The maximum atomic E-state index is 4.22. The van der Waals surface area contributed by atoms with Crippen LogP contribution in [-0.4, -0.2) is 21.3 Å². The number of benzene rings is 2. The summed E-state index contributed by atoms with van der Waals surface area (Å²) in [6.07, 6.45) is 7.75. The molecule has 5 heteroatoms. The molecular weight excluding hydrogens is 553 g/mol. The van der Waals surface area contributed by atoms with Gasteiger partial charge in [-0.15, -0.1) is 42.5 Å². The van der Waals surface area contributed by atoms with E-state index in [0.717, 1.165) is 24.3 Å². The van der Waals surface area contributed by atoms with Gasteiger partial charge in [-0.25, -0.2) is 0 Å². The average Bonchev–Trinajstić information content (AvgIpc) is 3.27. The molecule has 3 aromatic rings. The first kappa shape index (κ1) is 26.1. The van der Waals surface area contributed by atoms with E-state index in [1.807, 2.05) is 59.6 Å². The predicted molar refractivity (Wildman–Crippen MR) is 133 cm³/mol. The molecule has 0 N–H and O–H groups in total. The van der Waals surface area contributed by atoms with Crippen LogP contribution in [0, 0.1) is 33.5 Å². The second-order valence-electron chi connectivity index (χ2n) is 7.34. The summed E-state index contributed by atoms with van der Waals surface area (Å²) in [6.45, 7) is 15.2. The molecule has 0 atom stereocenters. The minimum Gasteiger partial charge on any atom is -0.305 e. The van der Waals surface area contributed by atoms with Gasteiger partial charge in [0, 0.05) is 31.7 Å². The van der Waals surface area contributed by atoms with Crippen LogP contribution < -0.4 is 0 Å². The monoisotopic (exact) mass is 579 g/mol. The molecule has 0 saturated heterocycles. The van der Waals surface area contributed by atoms with E-state index in [9.17, 15) is 0 Å². The summed E-state index contributed by atoms with van der Waals surface area (Å²) < 4.78 is 0. The van der Waals surface area contributed by atoms with Crippen molar-refractivity contribution in [3.05, 3.63) is 121 Å². The van der Waals surface area contributed by atoms with E-state index in [4.69, 9.17) is 0 Å². The van der Waals surface area contributed by atoms with E-state index in [-0.39, 0.29) is 0 Å². The van der Waals surface area contributed by atoms with Crippen LogP contribution in [0.3, 0.4) is 0 Å². The number of rotatable bonds is 5. The van der Waals surface area contributed by atoms with Gasteiger partial charge in [-0.1, -0.05) is 35.9 Å². The Hall–Kier alpha value is -2.19. The minimum absolute atomic E-state index is 0.804. The third kappa shape index (κ3) is 8.06. The SMILES string of the molecule is C=CCN1[C]N(Cc2c(C)cc(C)cc2C)C=C1.[Br][Pd+].[c-]1ccccc1-c1ccccn1. The summed E-state index contributed by atoms with van der Waals surface area (Å²) in [7, 11) is 0. The molecule has 2 heterocycles. The number of hydrogen-bond acceptors (Lipinski definition) is 3. The van der Waals surface area contributed by atoms with Crippen molar-refractivity contribution in [2.24, 2.45) is 0 Å². The van der Waals surface area contributed by atoms with Gasteiger partial charge >= 0.3 is 30.6 Å². The van der Waals surface area contributed by atoms with Gasteiger partial charge in [-0.3, -0.25) is 0 Å². The molecule has 0 spiro atoms. The van der Waals surface area contributed by atoms with E-state index in [2.05, 4.69) is 98.9 Å². The van der Waals surface area contributed by atoms with Crippen LogP contribution in [0.2, 0.25) is 0 Å². The Labute approximate surface area is 210 Å². The van der Waals surface area contributed by atoms with Gasteiger partial charge in [-0.2, -0.15) is 0 Å². The summed E-state index contributed by atoms with van der Waals surface area (Å²) in [5.74, 6) is 0.